The highest BCUT2D eigenvalue weighted by molar-refractivity contribution is 5.89. The van der Waals surface area contributed by atoms with Gasteiger partial charge < -0.3 is 28.8 Å². The van der Waals surface area contributed by atoms with E-state index >= 15 is 0 Å². The molecule has 0 fully saturated rings. The minimum absolute atomic E-state index is 0.0705. The molecule has 0 saturated heterocycles. The molecule has 0 spiro atoms. The molecule has 0 aliphatic rings. The van der Waals surface area contributed by atoms with Gasteiger partial charge in [-0.05, 0) is 18.2 Å². The van der Waals surface area contributed by atoms with Gasteiger partial charge >= 0.3 is 17.9 Å². The van der Waals surface area contributed by atoms with Crippen molar-refractivity contribution >= 4 is 28.9 Å². The quantitative estimate of drug-likeness (QED) is 0.469. The molecule has 0 radical (unpaired) electrons. The second-order valence-corrected chi connectivity index (χ2v) is 6.37. The van der Waals surface area contributed by atoms with Crippen molar-refractivity contribution in [2.45, 2.75) is 20.8 Å². The number of ether oxygens (including phenoxy) is 3. The molecule has 10 nitrogen and oxygen atoms in total. The van der Waals surface area contributed by atoms with Crippen molar-refractivity contribution in [2.75, 3.05) is 0 Å². The number of carbonyl (C=O) groups is 3. The Morgan fingerprint density at radius 2 is 1.45 bits per heavy atom. The van der Waals surface area contributed by atoms with Gasteiger partial charge in [-0.15, -0.1) is 0 Å². The zero-order chi connectivity index (χ0) is 22.9. The van der Waals surface area contributed by atoms with E-state index in [1.54, 1.807) is 0 Å². The first-order valence-electron chi connectivity index (χ1n) is 8.79. The van der Waals surface area contributed by atoms with Gasteiger partial charge in [-0.3, -0.25) is 19.2 Å². The lowest BCUT2D eigenvalue weighted by molar-refractivity contribution is -0.134. The van der Waals surface area contributed by atoms with Crippen molar-refractivity contribution in [1.29, 1.82) is 0 Å². The van der Waals surface area contributed by atoms with E-state index in [0.717, 1.165) is 32.9 Å². The third-order valence-electron chi connectivity index (χ3n) is 3.88. The summed E-state index contributed by atoms with van der Waals surface area (Å²) in [7, 11) is 0. The van der Waals surface area contributed by atoms with Crippen LogP contribution in [0.2, 0.25) is 0 Å². The lowest BCUT2D eigenvalue weighted by Crippen LogP contribution is -2.13. The number of carbonyl (C=O) groups excluding carboxylic acids is 3. The molecule has 2 N–H and O–H groups in total. The summed E-state index contributed by atoms with van der Waals surface area (Å²) in [6, 6.07) is 5.92. The van der Waals surface area contributed by atoms with Gasteiger partial charge in [-0.1, -0.05) is 0 Å². The van der Waals surface area contributed by atoms with Crippen LogP contribution >= 0.6 is 0 Å². The van der Waals surface area contributed by atoms with Crippen LogP contribution in [0.15, 0.2) is 39.5 Å². The molecule has 2 aromatic carbocycles. The van der Waals surface area contributed by atoms with Gasteiger partial charge in [0.25, 0.3) is 0 Å². The molecule has 0 unspecified atom stereocenters. The van der Waals surface area contributed by atoms with Crippen molar-refractivity contribution in [3.8, 4) is 40.1 Å². The standard InChI is InChI=1S/C21H16O10/c1-9(22)28-15-5-4-12(6-16(15)29-10(2)23)20-21(30-11(3)24)19(27)18-14(26)7-13(25)8-17(18)31-20/h4-8,25-26H,1-3H3. The number of benzene rings is 2. The molecule has 0 atom stereocenters. The molecule has 0 aliphatic carbocycles. The molecular weight excluding hydrogens is 412 g/mol. The Morgan fingerprint density at radius 1 is 0.839 bits per heavy atom. The molecule has 0 amide bonds. The van der Waals surface area contributed by atoms with Crippen molar-refractivity contribution in [3.05, 3.63) is 40.6 Å². The summed E-state index contributed by atoms with van der Waals surface area (Å²) in [5.41, 5.74) is -0.946. The van der Waals surface area contributed by atoms with Crippen molar-refractivity contribution in [3.63, 3.8) is 0 Å². The highest BCUT2D eigenvalue weighted by atomic mass is 16.6. The summed E-state index contributed by atoms with van der Waals surface area (Å²) in [6.07, 6.45) is 0. The minimum atomic E-state index is -0.873. The third-order valence-corrected chi connectivity index (χ3v) is 3.88. The maximum atomic E-state index is 12.9. The lowest BCUT2D eigenvalue weighted by Gasteiger charge is -2.13. The Bertz CT molecular complexity index is 1290. The van der Waals surface area contributed by atoms with Crippen LogP contribution in [-0.4, -0.2) is 28.1 Å². The van der Waals surface area contributed by atoms with Gasteiger partial charge in [-0.25, -0.2) is 0 Å². The van der Waals surface area contributed by atoms with E-state index in [4.69, 9.17) is 18.6 Å². The van der Waals surface area contributed by atoms with Crippen molar-refractivity contribution < 1.29 is 43.2 Å². The maximum absolute atomic E-state index is 12.9. The molecular formula is C21H16O10. The van der Waals surface area contributed by atoms with E-state index in [-0.39, 0.29) is 39.5 Å². The number of rotatable bonds is 4. The van der Waals surface area contributed by atoms with Crippen LogP contribution in [0.5, 0.6) is 28.7 Å². The van der Waals surface area contributed by atoms with Crippen LogP contribution in [0.4, 0.5) is 0 Å². The van der Waals surface area contributed by atoms with Crippen LogP contribution in [0.3, 0.4) is 0 Å². The Hall–Kier alpha value is -4.34. The van der Waals surface area contributed by atoms with Gasteiger partial charge in [0.15, 0.2) is 17.3 Å². The molecule has 160 valence electrons. The van der Waals surface area contributed by atoms with Gasteiger partial charge in [0, 0.05) is 38.5 Å². The summed E-state index contributed by atoms with van der Waals surface area (Å²) in [5.74, 6) is -4.15. The van der Waals surface area contributed by atoms with Crippen LogP contribution < -0.4 is 19.6 Å². The Balaban J connectivity index is 2.32. The highest BCUT2D eigenvalue weighted by Gasteiger charge is 2.23. The van der Waals surface area contributed by atoms with Crippen LogP contribution in [0, 0.1) is 0 Å². The SMILES string of the molecule is CC(=O)Oc1ccc(-c2oc3cc(O)cc(O)c3c(=O)c2OC(C)=O)cc1OC(C)=O. The molecule has 3 aromatic rings. The Labute approximate surface area is 174 Å². The first-order chi connectivity index (χ1) is 14.6. The van der Waals surface area contributed by atoms with Gasteiger partial charge in [0.2, 0.25) is 11.2 Å². The third kappa shape index (κ3) is 4.47. The monoisotopic (exact) mass is 428 g/mol. The average Bonchev–Trinajstić information content (AvgIpc) is 2.63. The second-order valence-electron chi connectivity index (χ2n) is 6.37. The zero-order valence-corrected chi connectivity index (χ0v) is 16.5. The Kier molecular flexibility index (Phi) is 5.64. The molecule has 0 aliphatic heterocycles. The van der Waals surface area contributed by atoms with E-state index in [1.807, 2.05) is 0 Å². The largest absolute Gasteiger partial charge is 0.508 e. The maximum Gasteiger partial charge on any atom is 0.308 e. The predicted molar refractivity (Wildman–Crippen MR) is 105 cm³/mol. The molecule has 3 rings (SSSR count). The molecule has 1 heterocycles. The van der Waals surface area contributed by atoms with E-state index in [9.17, 15) is 29.4 Å². The van der Waals surface area contributed by atoms with Crippen LogP contribution in [0.1, 0.15) is 20.8 Å². The van der Waals surface area contributed by atoms with Gasteiger partial charge in [0.1, 0.15) is 22.5 Å². The topological polar surface area (TPSA) is 150 Å². The number of aromatic hydroxyl groups is 2. The number of esters is 3. The summed E-state index contributed by atoms with van der Waals surface area (Å²) >= 11 is 0. The number of phenols is 2. The molecule has 0 bridgehead atoms. The van der Waals surface area contributed by atoms with Crippen molar-refractivity contribution in [2.24, 2.45) is 0 Å². The fraction of sp³-hybridized carbons (Fsp3) is 0.143. The normalized spacial score (nSPS) is 10.5. The number of phenolic OH excluding ortho intramolecular Hbond substituents is 2. The van der Waals surface area contributed by atoms with Crippen molar-refractivity contribution in [1.82, 2.24) is 0 Å². The summed E-state index contributed by atoms with van der Waals surface area (Å²) in [6.45, 7) is 3.36. The predicted octanol–water partition coefficient (Wildman–Crippen LogP) is 2.65. The average molecular weight is 428 g/mol. The van der Waals surface area contributed by atoms with E-state index in [1.165, 1.54) is 18.2 Å². The fourth-order valence-electron chi connectivity index (χ4n) is 2.82. The number of hydrogen-bond acceptors (Lipinski definition) is 10. The van der Waals surface area contributed by atoms with Gasteiger partial charge in [-0.2, -0.15) is 0 Å². The second kappa shape index (κ2) is 8.19. The van der Waals surface area contributed by atoms with E-state index in [0.29, 0.717) is 0 Å². The minimum Gasteiger partial charge on any atom is -0.508 e. The molecule has 31 heavy (non-hydrogen) atoms. The van der Waals surface area contributed by atoms with Crippen LogP contribution in [0.25, 0.3) is 22.3 Å². The lowest BCUT2D eigenvalue weighted by atomic mass is 10.1. The van der Waals surface area contributed by atoms with Crippen LogP contribution in [-0.2, 0) is 14.4 Å². The summed E-state index contributed by atoms with van der Waals surface area (Å²) in [4.78, 5) is 47.3. The molecule has 1 aromatic heterocycles. The number of hydrogen-bond donors (Lipinski definition) is 2. The highest BCUT2D eigenvalue weighted by Crippen LogP contribution is 2.39. The summed E-state index contributed by atoms with van der Waals surface area (Å²) < 4.78 is 20.7. The first-order valence-corrected chi connectivity index (χ1v) is 8.79. The smallest absolute Gasteiger partial charge is 0.308 e. The van der Waals surface area contributed by atoms with E-state index in [2.05, 4.69) is 0 Å². The zero-order valence-electron chi connectivity index (χ0n) is 16.5. The molecule has 0 saturated carbocycles. The van der Waals surface area contributed by atoms with E-state index < -0.39 is 34.8 Å². The summed E-state index contributed by atoms with van der Waals surface area (Å²) in [5, 5.41) is 19.5. The number of fused-ring (bicyclic) bond motifs is 1. The molecule has 10 heteroatoms. The Morgan fingerprint density at radius 3 is 2.06 bits per heavy atom. The fourth-order valence-corrected chi connectivity index (χ4v) is 2.82. The first kappa shape index (κ1) is 21.4. The van der Waals surface area contributed by atoms with Gasteiger partial charge in [0.05, 0.1) is 0 Å².